The fraction of sp³-hybridized carbons (Fsp3) is 0.722. The predicted molar refractivity (Wildman–Crippen MR) is 91.5 cm³/mol. The van der Waals surface area contributed by atoms with E-state index in [1.165, 1.54) is 0 Å². The van der Waals surface area contributed by atoms with Crippen LogP contribution in [0.5, 0.6) is 0 Å². The molecule has 6 nitrogen and oxygen atoms in total. The molecule has 2 heterocycles. The van der Waals surface area contributed by atoms with Crippen molar-refractivity contribution in [2.75, 3.05) is 13.1 Å². The van der Waals surface area contributed by atoms with Gasteiger partial charge in [-0.1, -0.05) is 12.8 Å². The van der Waals surface area contributed by atoms with Crippen LogP contribution in [-0.2, 0) is 11.8 Å². The number of rotatable bonds is 3. The molecule has 24 heavy (non-hydrogen) atoms. The molecular formula is C18H28N4O2. The first-order valence-corrected chi connectivity index (χ1v) is 8.93. The van der Waals surface area contributed by atoms with Gasteiger partial charge in [0.15, 0.2) is 0 Å². The topological polar surface area (TPSA) is 67.2 Å². The smallest absolute Gasteiger partial charge is 0.272 e. The Morgan fingerprint density at radius 3 is 2.54 bits per heavy atom. The van der Waals surface area contributed by atoms with E-state index in [1.54, 1.807) is 11.7 Å². The summed E-state index contributed by atoms with van der Waals surface area (Å²) in [6.07, 6.45) is 4.38. The number of carbonyl (C=O) groups is 2. The first-order valence-electron chi connectivity index (χ1n) is 8.93. The third-order valence-corrected chi connectivity index (χ3v) is 5.50. The van der Waals surface area contributed by atoms with E-state index >= 15 is 0 Å². The third-order valence-electron chi connectivity index (χ3n) is 5.50. The van der Waals surface area contributed by atoms with E-state index in [9.17, 15) is 9.59 Å². The molecular weight excluding hydrogens is 304 g/mol. The van der Waals surface area contributed by atoms with Crippen LogP contribution in [0.1, 0.15) is 55.7 Å². The minimum Gasteiger partial charge on any atom is -0.354 e. The van der Waals surface area contributed by atoms with E-state index in [4.69, 9.17) is 0 Å². The Morgan fingerprint density at radius 2 is 2.00 bits per heavy atom. The van der Waals surface area contributed by atoms with Crippen molar-refractivity contribution in [1.29, 1.82) is 0 Å². The molecule has 1 spiro atoms. The molecule has 0 aromatic carbocycles. The number of hydrogen-bond donors (Lipinski definition) is 1. The zero-order valence-corrected chi connectivity index (χ0v) is 15.1. The molecule has 1 aliphatic heterocycles. The molecule has 2 fully saturated rings. The third kappa shape index (κ3) is 2.94. The van der Waals surface area contributed by atoms with Gasteiger partial charge < -0.3 is 10.2 Å². The molecule has 2 amide bonds. The number of aromatic nitrogens is 2. The Bertz CT molecular complexity index is 643. The summed E-state index contributed by atoms with van der Waals surface area (Å²) in [6, 6.07) is 1.95. The van der Waals surface area contributed by atoms with Gasteiger partial charge in [0, 0.05) is 31.6 Å². The number of likely N-dealkylation sites (tertiary alicyclic amines) is 1. The van der Waals surface area contributed by atoms with E-state index in [0.29, 0.717) is 18.8 Å². The Kier molecular flexibility index (Phi) is 4.40. The van der Waals surface area contributed by atoms with Crippen molar-refractivity contribution < 1.29 is 9.59 Å². The van der Waals surface area contributed by atoms with Crippen LogP contribution in [0.2, 0.25) is 0 Å². The van der Waals surface area contributed by atoms with Gasteiger partial charge >= 0.3 is 0 Å². The summed E-state index contributed by atoms with van der Waals surface area (Å²) >= 11 is 0. The maximum Gasteiger partial charge on any atom is 0.272 e. The number of nitrogens with one attached hydrogen (secondary N) is 1. The summed E-state index contributed by atoms with van der Waals surface area (Å²) in [7, 11) is 1.80. The molecule has 1 saturated heterocycles. The van der Waals surface area contributed by atoms with Gasteiger partial charge in [0.05, 0.1) is 11.6 Å². The minimum atomic E-state index is -0.0966. The van der Waals surface area contributed by atoms with Crippen molar-refractivity contribution in [2.45, 2.75) is 52.5 Å². The lowest BCUT2D eigenvalue weighted by atomic mass is 9.76. The maximum atomic E-state index is 12.9. The largest absolute Gasteiger partial charge is 0.354 e. The van der Waals surface area contributed by atoms with Crippen LogP contribution in [-0.4, -0.2) is 45.6 Å². The second-order valence-corrected chi connectivity index (χ2v) is 7.77. The fourth-order valence-corrected chi connectivity index (χ4v) is 4.43. The zero-order chi connectivity index (χ0) is 17.5. The lowest BCUT2D eigenvalue weighted by Gasteiger charge is -2.29. The van der Waals surface area contributed by atoms with Gasteiger partial charge in [-0.2, -0.15) is 5.10 Å². The van der Waals surface area contributed by atoms with Crippen molar-refractivity contribution in [3.63, 3.8) is 0 Å². The van der Waals surface area contributed by atoms with Crippen molar-refractivity contribution >= 4 is 11.8 Å². The van der Waals surface area contributed by atoms with Crippen LogP contribution in [0.25, 0.3) is 0 Å². The van der Waals surface area contributed by atoms with Gasteiger partial charge in [-0.05, 0) is 39.7 Å². The van der Waals surface area contributed by atoms with Gasteiger partial charge in [0.1, 0.15) is 5.69 Å². The first kappa shape index (κ1) is 17.0. The molecule has 1 N–H and O–H groups in total. The highest BCUT2D eigenvalue weighted by Gasteiger charge is 2.52. The first-order chi connectivity index (χ1) is 11.3. The van der Waals surface area contributed by atoms with Crippen molar-refractivity contribution in [2.24, 2.45) is 18.4 Å². The summed E-state index contributed by atoms with van der Waals surface area (Å²) in [5.74, 6) is -0.00622. The highest BCUT2D eigenvalue weighted by atomic mass is 16.2. The fourth-order valence-electron chi connectivity index (χ4n) is 4.43. The number of amides is 2. The molecule has 6 heteroatoms. The molecule has 1 unspecified atom stereocenters. The van der Waals surface area contributed by atoms with Crippen LogP contribution >= 0.6 is 0 Å². The molecule has 1 saturated carbocycles. The summed E-state index contributed by atoms with van der Waals surface area (Å²) < 4.78 is 1.64. The molecule has 1 aromatic heterocycles. The lowest BCUT2D eigenvalue weighted by molar-refractivity contribution is -0.128. The molecule has 0 radical (unpaired) electrons. The molecule has 2 aliphatic rings. The second kappa shape index (κ2) is 6.22. The normalized spacial score (nSPS) is 22.5. The highest BCUT2D eigenvalue weighted by Crippen LogP contribution is 2.49. The van der Waals surface area contributed by atoms with E-state index in [-0.39, 0.29) is 29.2 Å². The summed E-state index contributed by atoms with van der Waals surface area (Å²) in [6.45, 7) is 7.05. The zero-order valence-electron chi connectivity index (χ0n) is 15.1. The number of nitrogens with zero attached hydrogens (tertiary/aromatic N) is 3. The van der Waals surface area contributed by atoms with Crippen LogP contribution in [0.15, 0.2) is 6.07 Å². The van der Waals surface area contributed by atoms with Gasteiger partial charge in [0.25, 0.3) is 5.91 Å². The van der Waals surface area contributed by atoms with Crippen LogP contribution < -0.4 is 5.32 Å². The summed E-state index contributed by atoms with van der Waals surface area (Å²) in [4.78, 5) is 27.5. The second-order valence-electron chi connectivity index (χ2n) is 7.77. The van der Waals surface area contributed by atoms with Gasteiger partial charge in [0.2, 0.25) is 5.91 Å². The van der Waals surface area contributed by atoms with E-state index in [2.05, 4.69) is 10.4 Å². The van der Waals surface area contributed by atoms with Crippen molar-refractivity contribution in [3.8, 4) is 0 Å². The van der Waals surface area contributed by atoms with E-state index < -0.39 is 0 Å². The molecule has 1 atom stereocenters. The molecule has 0 bridgehead atoms. The average Bonchev–Trinajstić information content (AvgIpc) is 3.19. The standard InChI is InChI=1S/C18H28N4O2/c1-12(2)19-16(23)14-10-22(11-18(14)7-5-6-8-18)17(24)15-9-13(3)20-21(15)4/h9,12,14H,5-8,10-11H2,1-4H3,(H,19,23). The number of carbonyl (C=O) groups excluding carboxylic acids is 2. The van der Waals surface area contributed by atoms with E-state index in [1.807, 2.05) is 31.7 Å². The Balaban J connectivity index is 1.83. The minimum absolute atomic E-state index is 0.00998. The van der Waals surface area contributed by atoms with E-state index in [0.717, 1.165) is 31.4 Å². The summed E-state index contributed by atoms with van der Waals surface area (Å²) in [5.41, 5.74) is 1.40. The summed E-state index contributed by atoms with van der Waals surface area (Å²) in [5, 5.41) is 7.33. The van der Waals surface area contributed by atoms with Crippen LogP contribution in [0, 0.1) is 18.3 Å². The quantitative estimate of drug-likeness (QED) is 0.919. The predicted octanol–water partition coefficient (Wildman–Crippen LogP) is 1.89. The average molecular weight is 332 g/mol. The van der Waals surface area contributed by atoms with Gasteiger partial charge in [-0.15, -0.1) is 0 Å². The van der Waals surface area contributed by atoms with Crippen LogP contribution in [0.3, 0.4) is 0 Å². The maximum absolute atomic E-state index is 12.9. The van der Waals surface area contributed by atoms with Gasteiger partial charge in [-0.25, -0.2) is 0 Å². The Labute approximate surface area is 143 Å². The Hall–Kier alpha value is -1.85. The lowest BCUT2D eigenvalue weighted by Crippen LogP contribution is -2.42. The molecule has 1 aliphatic carbocycles. The molecule has 1 aromatic rings. The van der Waals surface area contributed by atoms with Crippen molar-refractivity contribution in [3.05, 3.63) is 17.5 Å². The monoisotopic (exact) mass is 332 g/mol. The highest BCUT2D eigenvalue weighted by molar-refractivity contribution is 5.94. The molecule has 132 valence electrons. The Morgan fingerprint density at radius 1 is 1.33 bits per heavy atom. The number of aryl methyl sites for hydroxylation is 2. The van der Waals surface area contributed by atoms with Crippen LogP contribution in [0.4, 0.5) is 0 Å². The van der Waals surface area contributed by atoms with Crippen molar-refractivity contribution in [1.82, 2.24) is 20.0 Å². The molecule has 3 rings (SSSR count). The number of hydrogen-bond acceptors (Lipinski definition) is 3. The van der Waals surface area contributed by atoms with Gasteiger partial charge in [-0.3, -0.25) is 14.3 Å². The SMILES string of the molecule is Cc1cc(C(=O)N2CC(C(=O)NC(C)C)C3(CCCC3)C2)n(C)n1.